The molecule has 3 nitrogen and oxygen atoms in total. The van der Waals surface area contributed by atoms with Crippen LogP contribution in [0.1, 0.15) is 5.56 Å². The lowest BCUT2D eigenvalue weighted by Crippen LogP contribution is -2.15. The predicted octanol–water partition coefficient (Wildman–Crippen LogP) is 4.47. The quantitative estimate of drug-likeness (QED) is 0.717. The summed E-state index contributed by atoms with van der Waals surface area (Å²) in [6.45, 7) is 1.64. The van der Waals surface area contributed by atoms with Crippen molar-refractivity contribution in [3.05, 3.63) is 53.8 Å². The summed E-state index contributed by atoms with van der Waals surface area (Å²) in [7, 11) is 0. The molecule has 22 heavy (non-hydrogen) atoms. The zero-order chi connectivity index (χ0) is 15.5. The van der Waals surface area contributed by atoms with E-state index in [0.717, 1.165) is 14.6 Å². The maximum Gasteiger partial charge on any atom is 0.234 e. The molecule has 0 saturated heterocycles. The summed E-state index contributed by atoms with van der Waals surface area (Å²) in [5.74, 6) is -0.245. The molecule has 0 saturated carbocycles. The van der Waals surface area contributed by atoms with Gasteiger partial charge in [-0.15, -0.1) is 11.3 Å². The second-order valence-electron chi connectivity index (χ2n) is 4.70. The number of carbonyl (C=O) groups excluding carboxylic acids is 1. The summed E-state index contributed by atoms with van der Waals surface area (Å²) in [6.07, 6.45) is 0. The van der Waals surface area contributed by atoms with Gasteiger partial charge in [0.15, 0.2) is 4.34 Å². The molecule has 0 unspecified atom stereocenters. The first-order valence-electron chi connectivity index (χ1n) is 6.67. The predicted molar refractivity (Wildman–Crippen MR) is 90.1 cm³/mol. The minimum Gasteiger partial charge on any atom is -0.325 e. The van der Waals surface area contributed by atoms with Crippen molar-refractivity contribution in [2.45, 2.75) is 11.3 Å². The van der Waals surface area contributed by atoms with Gasteiger partial charge in [-0.3, -0.25) is 4.79 Å². The number of thiazole rings is 1. The van der Waals surface area contributed by atoms with Crippen molar-refractivity contribution in [1.29, 1.82) is 0 Å². The number of hydrogen-bond donors (Lipinski definition) is 1. The van der Waals surface area contributed by atoms with Crippen LogP contribution in [-0.2, 0) is 4.79 Å². The van der Waals surface area contributed by atoms with E-state index in [0.29, 0.717) is 11.3 Å². The highest BCUT2D eigenvalue weighted by Gasteiger charge is 2.10. The first-order valence-corrected chi connectivity index (χ1v) is 8.47. The summed E-state index contributed by atoms with van der Waals surface area (Å²) >= 11 is 2.95. The zero-order valence-corrected chi connectivity index (χ0v) is 13.4. The van der Waals surface area contributed by atoms with Crippen LogP contribution in [-0.4, -0.2) is 16.6 Å². The number of rotatable bonds is 4. The van der Waals surface area contributed by atoms with Crippen LogP contribution in [0.15, 0.2) is 46.8 Å². The number of para-hydroxylation sites is 1. The van der Waals surface area contributed by atoms with E-state index in [2.05, 4.69) is 10.3 Å². The van der Waals surface area contributed by atoms with Gasteiger partial charge in [-0.05, 0) is 31.2 Å². The van der Waals surface area contributed by atoms with Gasteiger partial charge in [-0.1, -0.05) is 30.0 Å². The number of anilines is 1. The van der Waals surface area contributed by atoms with Crippen LogP contribution in [0.2, 0.25) is 0 Å². The van der Waals surface area contributed by atoms with Crippen LogP contribution in [0.3, 0.4) is 0 Å². The molecule has 0 fully saturated rings. The molecule has 6 heteroatoms. The van der Waals surface area contributed by atoms with Crippen LogP contribution >= 0.6 is 23.1 Å². The Balaban J connectivity index is 1.63. The normalized spacial score (nSPS) is 10.8. The maximum atomic E-state index is 13.4. The van der Waals surface area contributed by atoms with Crippen molar-refractivity contribution in [3.63, 3.8) is 0 Å². The molecule has 1 amide bonds. The van der Waals surface area contributed by atoms with E-state index in [4.69, 9.17) is 0 Å². The van der Waals surface area contributed by atoms with Crippen molar-refractivity contribution in [2.75, 3.05) is 11.1 Å². The Bertz CT molecular complexity index is 799. The molecule has 3 rings (SSSR count). The van der Waals surface area contributed by atoms with Gasteiger partial charge >= 0.3 is 0 Å². The molecular weight excluding hydrogens is 319 g/mol. The first kappa shape index (κ1) is 15.0. The molecule has 2 aromatic carbocycles. The lowest BCUT2D eigenvalue weighted by Gasteiger charge is -2.08. The molecule has 0 atom stereocenters. The number of aromatic nitrogens is 1. The SMILES string of the molecule is Cc1c(F)cccc1NC(=O)CSc1nc2ccccc2s1. The molecule has 112 valence electrons. The maximum absolute atomic E-state index is 13.4. The Hall–Kier alpha value is -1.92. The number of nitrogens with zero attached hydrogens (tertiary/aromatic N) is 1. The summed E-state index contributed by atoms with van der Waals surface area (Å²) in [5, 5.41) is 2.73. The minimum atomic E-state index is -0.323. The third-order valence-corrected chi connectivity index (χ3v) is 5.32. The monoisotopic (exact) mass is 332 g/mol. The Kier molecular flexibility index (Phi) is 4.40. The first-order chi connectivity index (χ1) is 10.6. The molecule has 3 aromatic rings. The molecule has 1 aromatic heterocycles. The van der Waals surface area contributed by atoms with Gasteiger partial charge in [0.05, 0.1) is 16.0 Å². The third-order valence-electron chi connectivity index (χ3n) is 3.14. The van der Waals surface area contributed by atoms with E-state index in [9.17, 15) is 9.18 Å². The number of hydrogen-bond acceptors (Lipinski definition) is 4. The second kappa shape index (κ2) is 6.46. The number of thioether (sulfide) groups is 1. The van der Waals surface area contributed by atoms with E-state index in [1.807, 2.05) is 24.3 Å². The fraction of sp³-hybridized carbons (Fsp3) is 0.125. The molecule has 0 aliphatic carbocycles. The number of halogens is 1. The average molecular weight is 332 g/mol. The van der Waals surface area contributed by atoms with E-state index >= 15 is 0 Å². The fourth-order valence-electron chi connectivity index (χ4n) is 1.97. The molecule has 0 spiro atoms. The van der Waals surface area contributed by atoms with Gasteiger partial charge in [-0.25, -0.2) is 9.37 Å². The summed E-state index contributed by atoms with van der Waals surface area (Å²) < 4.78 is 15.4. The molecule has 0 aliphatic heterocycles. The standard InChI is InChI=1S/C16H13FN2OS2/c1-10-11(17)5-4-7-12(10)18-15(20)9-21-16-19-13-6-2-3-8-14(13)22-16/h2-8H,9H2,1H3,(H,18,20). The molecule has 0 radical (unpaired) electrons. The van der Waals surface area contributed by atoms with Crippen molar-refractivity contribution in [1.82, 2.24) is 4.98 Å². The van der Waals surface area contributed by atoms with Gasteiger partial charge in [0.2, 0.25) is 5.91 Å². The Morgan fingerprint density at radius 2 is 2.09 bits per heavy atom. The van der Waals surface area contributed by atoms with Gasteiger partial charge < -0.3 is 5.32 Å². The van der Waals surface area contributed by atoms with E-state index in [-0.39, 0.29) is 17.5 Å². The van der Waals surface area contributed by atoms with Crippen molar-refractivity contribution < 1.29 is 9.18 Å². The number of amides is 1. The summed E-state index contributed by atoms with van der Waals surface area (Å²) in [6, 6.07) is 12.5. The van der Waals surface area contributed by atoms with Crippen molar-refractivity contribution >= 4 is 44.9 Å². The number of carbonyl (C=O) groups is 1. The van der Waals surface area contributed by atoms with Gasteiger partial charge in [0.1, 0.15) is 5.82 Å². The van der Waals surface area contributed by atoms with Crippen LogP contribution in [0.25, 0.3) is 10.2 Å². The largest absolute Gasteiger partial charge is 0.325 e. The minimum absolute atomic E-state index is 0.169. The van der Waals surface area contributed by atoms with Gasteiger partial charge in [-0.2, -0.15) is 0 Å². The van der Waals surface area contributed by atoms with Crippen LogP contribution < -0.4 is 5.32 Å². The molecule has 0 aliphatic rings. The van der Waals surface area contributed by atoms with Crippen LogP contribution in [0.4, 0.5) is 10.1 Å². The number of benzene rings is 2. The van der Waals surface area contributed by atoms with E-state index in [1.165, 1.54) is 17.8 Å². The Morgan fingerprint density at radius 1 is 1.27 bits per heavy atom. The van der Waals surface area contributed by atoms with Crippen molar-refractivity contribution in [3.8, 4) is 0 Å². The Morgan fingerprint density at radius 3 is 2.91 bits per heavy atom. The molecule has 1 N–H and O–H groups in total. The Labute approximate surface area is 135 Å². The summed E-state index contributed by atoms with van der Waals surface area (Å²) in [5.41, 5.74) is 1.90. The zero-order valence-electron chi connectivity index (χ0n) is 11.8. The smallest absolute Gasteiger partial charge is 0.234 e. The van der Waals surface area contributed by atoms with E-state index in [1.54, 1.807) is 30.4 Å². The lowest BCUT2D eigenvalue weighted by molar-refractivity contribution is -0.113. The lowest BCUT2D eigenvalue weighted by atomic mass is 10.2. The third kappa shape index (κ3) is 3.28. The number of fused-ring (bicyclic) bond motifs is 1. The van der Waals surface area contributed by atoms with E-state index < -0.39 is 0 Å². The van der Waals surface area contributed by atoms with Gasteiger partial charge in [0.25, 0.3) is 0 Å². The van der Waals surface area contributed by atoms with Gasteiger partial charge in [0, 0.05) is 11.3 Å². The fourth-order valence-corrected chi connectivity index (χ4v) is 3.84. The highest BCUT2D eigenvalue weighted by Crippen LogP contribution is 2.29. The average Bonchev–Trinajstić information content (AvgIpc) is 2.93. The highest BCUT2D eigenvalue weighted by molar-refractivity contribution is 8.01. The second-order valence-corrected chi connectivity index (χ2v) is 6.95. The molecular formula is C16H13FN2OS2. The molecule has 1 heterocycles. The van der Waals surface area contributed by atoms with Crippen molar-refractivity contribution in [2.24, 2.45) is 0 Å². The summed E-state index contributed by atoms with van der Waals surface area (Å²) in [4.78, 5) is 16.5. The van der Waals surface area contributed by atoms with Crippen LogP contribution in [0, 0.1) is 12.7 Å². The number of nitrogens with one attached hydrogen (secondary N) is 1. The molecule has 0 bridgehead atoms. The van der Waals surface area contributed by atoms with Crippen LogP contribution in [0.5, 0.6) is 0 Å². The topological polar surface area (TPSA) is 42.0 Å². The highest BCUT2D eigenvalue weighted by atomic mass is 32.2.